The Morgan fingerprint density at radius 3 is 2.67 bits per heavy atom. The molecule has 7 heteroatoms. The van der Waals surface area contributed by atoms with Gasteiger partial charge in [-0.25, -0.2) is 8.42 Å². The normalized spacial score (nSPS) is 24.4. The van der Waals surface area contributed by atoms with Gasteiger partial charge in [-0.15, -0.1) is 0 Å². The fraction of sp³-hybridized carbons (Fsp3) is 0.571. The highest BCUT2D eigenvalue weighted by molar-refractivity contribution is 9.10. The maximum atomic E-state index is 11.5. The summed E-state index contributed by atoms with van der Waals surface area (Å²) in [5.74, 6) is 0.174. The Kier molecular flexibility index (Phi) is 5.29. The Morgan fingerprint density at radius 2 is 2.14 bits per heavy atom. The lowest BCUT2D eigenvalue weighted by Gasteiger charge is -2.17. The van der Waals surface area contributed by atoms with Crippen LogP contribution in [0.3, 0.4) is 0 Å². The molecule has 2 unspecified atom stereocenters. The van der Waals surface area contributed by atoms with E-state index in [1.807, 2.05) is 12.1 Å². The molecule has 21 heavy (non-hydrogen) atoms. The van der Waals surface area contributed by atoms with Gasteiger partial charge < -0.3 is 15.2 Å². The molecule has 1 aliphatic heterocycles. The number of hydrogen-bond acceptors (Lipinski definition) is 5. The molecular formula is C14H20BrNO4S. The van der Waals surface area contributed by atoms with E-state index < -0.39 is 22.0 Å². The SMILES string of the molecule is CC(C)NCc1ccc(OC2CS(=O)(=O)CC2O)c(Br)c1. The second kappa shape index (κ2) is 6.64. The van der Waals surface area contributed by atoms with Crippen LogP contribution >= 0.6 is 15.9 Å². The first-order chi connectivity index (χ1) is 9.77. The predicted molar refractivity (Wildman–Crippen MR) is 85.2 cm³/mol. The average molecular weight is 378 g/mol. The number of benzene rings is 1. The van der Waals surface area contributed by atoms with Gasteiger partial charge >= 0.3 is 0 Å². The van der Waals surface area contributed by atoms with Crippen molar-refractivity contribution >= 4 is 25.8 Å². The van der Waals surface area contributed by atoms with Crippen molar-refractivity contribution in [2.45, 2.75) is 38.6 Å². The van der Waals surface area contributed by atoms with E-state index in [0.29, 0.717) is 11.8 Å². The molecule has 2 atom stereocenters. The number of rotatable bonds is 5. The molecule has 0 aromatic heterocycles. The van der Waals surface area contributed by atoms with Crippen LogP contribution in [0.5, 0.6) is 5.75 Å². The summed E-state index contributed by atoms with van der Waals surface area (Å²) in [4.78, 5) is 0. The van der Waals surface area contributed by atoms with E-state index in [2.05, 4.69) is 35.1 Å². The first kappa shape index (κ1) is 16.7. The van der Waals surface area contributed by atoms with Crippen LogP contribution in [0.2, 0.25) is 0 Å². The van der Waals surface area contributed by atoms with Crippen molar-refractivity contribution in [3.8, 4) is 5.75 Å². The van der Waals surface area contributed by atoms with Crippen LogP contribution in [0.25, 0.3) is 0 Å². The Hall–Kier alpha value is -0.630. The molecule has 0 aliphatic carbocycles. The second-order valence-corrected chi connectivity index (χ2v) is 8.61. The summed E-state index contributed by atoms with van der Waals surface area (Å²) >= 11 is 3.43. The maximum absolute atomic E-state index is 11.5. The zero-order valence-electron chi connectivity index (χ0n) is 12.0. The van der Waals surface area contributed by atoms with E-state index in [4.69, 9.17) is 4.74 Å². The van der Waals surface area contributed by atoms with Crippen molar-refractivity contribution in [2.24, 2.45) is 0 Å². The molecule has 0 saturated carbocycles. The highest BCUT2D eigenvalue weighted by Crippen LogP contribution is 2.29. The first-order valence-corrected chi connectivity index (χ1v) is 9.45. The lowest BCUT2D eigenvalue weighted by Crippen LogP contribution is -2.29. The van der Waals surface area contributed by atoms with Gasteiger partial charge in [0.05, 0.1) is 16.0 Å². The number of hydrogen-bond donors (Lipinski definition) is 2. The van der Waals surface area contributed by atoms with Crippen molar-refractivity contribution < 1.29 is 18.3 Å². The Balaban J connectivity index is 2.04. The first-order valence-electron chi connectivity index (χ1n) is 6.84. The summed E-state index contributed by atoms with van der Waals surface area (Å²) in [6.45, 7) is 4.90. The minimum Gasteiger partial charge on any atom is -0.485 e. The zero-order valence-corrected chi connectivity index (χ0v) is 14.4. The van der Waals surface area contributed by atoms with E-state index in [-0.39, 0.29) is 11.5 Å². The Labute approximate surface area is 133 Å². The van der Waals surface area contributed by atoms with Crippen LogP contribution in [0, 0.1) is 0 Å². The molecule has 1 aromatic rings. The molecule has 118 valence electrons. The molecule has 1 aromatic carbocycles. The van der Waals surface area contributed by atoms with Gasteiger partial charge in [0.1, 0.15) is 18.0 Å². The third-order valence-corrected chi connectivity index (χ3v) is 5.57. The highest BCUT2D eigenvalue weighted by atomic mass is 79.9. The molecule has 2 N–H and O–H groups in total. The van der Waals surface area contributed by atoms with Gasteiger partial charge in [0.2, 0.25) is 0 Å². The van der Waals surface area contributed by atoms with Gasteiger partial charge in [-0.3, -0.25) is 0 Å². The average Bonchev–Trinajstić information content (AvgIpc) is 2.62. The van der Waals surface area contributed by atoms with Gasteiger partial charge in [0.25, 0.3) is 0 Å². The largest absolute Gasteiger partial charge is 0.485 e. The fourth-order valence-electron chi connectivity index (χ4n) is 2.14. The molecule has 1 fully saturated rings. The predicted octanol–water partition coefficient (Wildman–Crippen LogP) is 1.48. The summed E-state index contributed by atoms with van der Waals surface area (Å²) in [5, 5.41) is 13.1. The van der Waals surface area contributed by atoms with E-state index in [1.54, 1.807) is 6.07 Å². The number of aliphatic hydroxyl groups excluding tert-OH is 1. The monoisotopic (exact) mass is 377 g/mol. The van der Waals surface area contributed by atoms with E-state index >= 15 is 0 Å². The van der Waals surface area contributed by atoms with Crippen LogP contribution < -0.4 is 10.1 Å². The van der Waals surface area contributed by atoms with Crippen molar-refractivity contribution in [3.05, 3.63) is 28.2 Å². The van der Waals surface area contributed by atoms with Crippen LogP contribution in [0.4, 0.5) is 0 Å². The maximum Gasteiger partial charge on any atom is 0.156 e. The van der Waals surface area contributed by atoms with Crippen molar-refractivity contribution in [1.29, 1.82) is 0 Å². The standard InChI is InChI=1S/C14H20BrNO4S/c1-9(2)16-6-10-3-4-13(11(15)5-10)20-14-8-21(18,19)7-12(14)17/h3-5,9,12,14,16-17H,6-8H2,1-2H3. The molecule has 2 rings (SSSR count). The van der Waals surface area contributed by atoms with Crippen molar-refractivity contribution in [2.75, 3.05) is 11.5 Å². The molecule has 0 amide bonds. The van der Waals surface area contributed by atoms with Crippen LogP contribution in [0.1, 0.15) is 19.4 Å². The van der Waals surface area contributed by atoms with Crippen LogP contribution in [0.15, 0.2) is 22.7 Å². The van der Waals surface area contributed by atoms with E-state index in [1.165, 1.54) is 0 Å². The zero-order chi connectivity index (χ0) is 15.6. The molecule has 1 heterocycles. The number of ether oxygens (including phenoxy) is 1. The highest BCUT2D eigenvalue weighted by Gasteiger charge is 2.38. The summed E-state index contributed by atoms with van der Waals surface area (Å²) in [6.07, 6.45) is -1.67. The van der Waals surface area contributed by atoms with E-state index in [9.17, 15) is 13.5 Å². The van der Waals surface area contributed by atoms with Gasteiger partial charge in [-0.2, -0.15) is 0 Å². The third kappa shape index (κ3) is 4.67. The van der Waals surface area contributed by atoms with Gasteiger partial charge in [-0.1, -0.05) is 19.9 Å². The smallest absolute Gasteiger partial charge is 0.156 e. The third-order valence-electron chi connectivity index (χ3n) is 3.26. The molecule has 0 bridgehead atoms. The quantitative estimate of drug-likeness (QED) is 0.812. The van der Waals surface area contributed by atoms with Crippen LogP contribution in [-0.4, -0.2) is 43.3 Å². The van der Waals surface area contributed by atoms with E-state index in [0.717, 1.165) is 16.6 Å². The molecular weight excluding hydrogens is 358 g/mol. The molecule has 1 aliphatic rings. The number of halogens is 1. The number of sulfone groups is 1. The molecule has 1 saturated heterocycles. The van der Waals surface area contributed by atoms with Crippen molar-refractivity contribution in [3.63, 3.8) is 0 Å². The fourth-order valence-corrected chi connectivity index (χ4v) is 4.33. The van der Waals surface area contributed by atoms with Gasteiger partial charge in [0, 0.05) is 12.6 Å². The molecule has 0 spiro atoms. The Bertz CT molecular complexity index is 603. The Morgan fingerprint density at radius 1 is 1.43 bits per heavy atom. The summed E-state index contributed by atoms with van der Waals surface area (Å²) < 4.78 is 29.3. The summed E-state index contributed by atoms with van der Waals surface area (Å²) in [6, 6.07) is 6.05. The summed E-state index contributed by atoms with van der Waals surface area (Å²) in [7, 11) is -3.20. The summed E-state index contributed by atoms with van der Waals surface area (Å²) in [5.41, 5.74) is 1.10. The van der Waals surface area contributed by atoms with Gasteiger partial charge in [0.15, 0.2) is 9.84 Å². The lowest BCUT2D eigenvalue weighted by molar-refractivity contribution is 0.0733. The van der Waals surface area contributed by atoms with Crippen LogP contribution in [-0.2, 0) is 16.4 Å². The topological polar surface area (TPSA) is 75.6 Å². The minimum absolute atomic E-state index is 0.142. The molecule has 5 nitrogen and oxygen atoms in total. The second-order valence-electron chi connectivity index (χ2n) is 5.60. The number of nitrogens with one attached hydrogen (secondary N) is 1. The van der Waals surface area contributed by atoms with Gasteiger partial charge in [-0.05, 0) is 33.6 Å². The minimum atomic E-state index is -3.20. The number of aliphatic hydroxyl groups is 1. The lowest BCUT2D eigenvalue weighted by atomic mass is 10.2. The van der Waals surface area contributed by atoms with Crippen molar-refractivity contribution in [1.82, 2.24) is 5.32 Å². The molecule has 0 radical (unpaired) electrons.